The number of hydrogen-bond donors (Lipinski definition) is 1. The Morgan fingerprint density at radius 1 is 1.56 bits per heavy atom. The summed E-state index contributed by atoms with van der Waals surface area (Å²) in [5, 5.41) is 0. The van der Waals surface area contributed by atoms with Gasteiger partial charge in [0.2, 0.25) is 0 Å². The van der Waals surface area contributed by atoms with E-state index in [1.54, 1.807) is 0 Å². The molecule has 1 unspecified atom stereocenters. The van der Waals surface area contributed by atoms with Crippen molar-refractivity contribution in [2.24, 2.45) is 5.73 Å². The van der Waals surface area contributed by atoms with Crippen LogP contribution >= 0.6 is 0 Å². The first-order valence-electron chi connectivity index (χ1n) is 3.67. The number of allylic oxidation sites excluding steroid dienone is 1. The van der Waals surface area contributed by atoms with Gasteiger partial charge in [0.15, 0.2) is 0 Å². The van der Waals surface area contributed by atoms with E-state index >= 15 is 0 Å². The highest BCUT2D eigenvalue weighted by molar-refractivity contribution is 4.70. The zero-order valence-corrected chi connectivity index (χ0v) is 6.27. The lowest BCUT2D eigenvalue weighted by molar-refractivity contribution is 0.566. The molecule has 0 rings (SSSR count). The van der Waals surface area contributed by atoms with Crippen LogP contribution in [-0.4, -0.2) is 6.04 Å². The fourth-order valence-corrected chi connectivity index (χ4v) is 0.847. The van der Waals surface area contributed by atoms with Gasteiger partial charge >= 0.3 is 0 Å². The van der Waals surface area contributed by atoms with E-state index < -0.39 is 0 Å². The van der Waals surface area contributed by atoms with Crippen molar-refractivity contribution in [2.75, 3.05) is 0 Å². The van der Waals surface area contributed by atoms with Crippen LogP contribution in [0.5, 0.6) is 0 Å². The Labute approximate surface area is 57.9 Å². The summed E-state index contributed by atoms with van der Waals surface area (Å²) in [5.41, 5.74) is 5.72. The molecule has 0 heterocycles. The van der Waals surface area contributed by atoms with E-state index in [2.05, 4.69) is 13.5 Å². The molecular weight excluding hydrogens is 110 g/mol. The fraction of sp³-hybridized carbons (Fsp3) is 0.750. The molecule has 0 aromatic heterocycles. The van der Waals surface area contributed by atoms with Gasteiger partial charge in [-0.3, -0.25) is 0 Å². The molecule has 54 valence electrons. The predicted molar refractivity (Wildman–Crippen MR) is 42.3 cm³/mol. The molecule has 0 aliphatic rings. The highest BCUT2D eigenvalue weighted by Gasteiger charge is 1.96. The third-order valence-corrected chi connectivity index (χ3v) is 1.40. The van der Waals surface area contributed by atoms with Crippen molar-refractivity contribution in [2.45, 2.75) is 38.6 Å². The quantitative estimate of drug-likeness (QED) is 0.562. The van der Waals surface area contributed by atoms with Gasteiger partial charge in [-0.25, -0.2) is 0 Å². The number of nitrogens with two attached hydrogens (primary N) is 1. The van der Waals surface area contributed by atoms with Gasteiger partial charge in [-0.05, 0) is 19.3 Å². The first-order chi connectivity index (χ1) is 4.31. The topological polar surface area (TPSA) is 26.0 Å². The average molecular weight is 127 g/mol. The molecule has 0 amide bonds. The average Bonchev–Trinajstić information content (AvgIpc) is 1.85. The third kappa shape index (κ3) is 5.57. The van der Waals surface area contributed by atoms with Gasteiger partial charge < -0.3 is 5.73 Å². The standard InChI is InChI=1S/C8H17N/c1-3-5-7-8(9)6-4-2/h3,8H,1,4-7,9H2,2H3. The van der Waals surface area contributed by atoms with Crippen molar-refractivity contribution >= 4 is 0 Å². The molecule has 0 aromatic carbocycles. The van der Waals surface area contributed by atoms with Gasteiger partial charge in [0.1, 0.15) is 0 Å². The van der Waals surface area contributed by atoms with Gasteiger partial charge in [0, 0.05) is 6.04 Å². The van der Waals surface area contributed by atoms with E-state index in [1.165, 1.54) is 6.42 Å². The molecule has 0 radical (unpaired) electrons. The Bertz CT molecular complexity index is 69.0. The van der Waals surface area contributed by atoms with E-state index in [0.29, 0.717) is 6.04 Å². The smallest absolute Gasteiger partial charge is 0.00416 e. The van der Waals surface area contributed by atoms with E-state index in [-0.39, 0.29) is 0 Å². The lowest BCUT2D eigenvalue weighted by Crippen LogP contribution is -2.18. The van der Waals surface area contributed by atoms with E-state index in [4.69, 9.17) is 5.73 Å². The number of rotatable bonds is 5. The molecule has 0 aromatic rings. The lowest BCUT2D eigenvalue weighted by atomic mass is 10.1. The molecule has 0 saturated heterocycles. The minimum atomic E-state index is 0.396. The molecule has 0 aliphatic carbocycles. The highest BCUT2D eigenvalue weighted by atomic mass is 14.6. The molecule has 1 atom stereocenters. The first-order valence-corrected chi connectivity index (χ1v) is 3.67. The molecule has 9 heavy (non-hydrogen) atoms. The van der Waals surface area contributed by atoms with E-state index in [0.717, 1.165) is 19.3 Å². The van der Waals surface area contributed by atoms with Gasteiger partial charge in [-0.1, -0.05) is 19.4 Å². The van der Waals surface area contributed by atoms with Gasteiger partial charge in [0.25, 0.3) is 0 Å². The zero-order chi connectivity index (χ0) is 7.11. The van der Waals surface area contributed by atoms with Crippen LogP contribution < -0.4 is 5.73 Å². The van der Waals surface area contributed by atoms with Gasteiger partial charge in [0.05, 0.1) is 0 Å². The van der Waals surface area contributed by atoms with Crippen LogP contribution in [0, 0.1) is 0 Å². The third-order valence-electron chi connectivity index (χ3n) is 1.40. The minimum absolute atomic E-state index is 0.396. The molecule has 0 bridgehead atoms. The van der Waals surface area contributed by atoms with Crippen LogP contribution in [0.2, 0.25) is 0 Å². The molecule has 0 fully saturated rings. The SMILES string of the molecule is C=CCCC(N)CCC. The summed E-state index contributed by atoms with van der Waals surface area (Å²) in [4.78, 5) is 0. The predicted octanol–water partition coefficient (Wildman–Crippen LogP) is 2.08. The molecule has 0 saturated carbocycles. The second-order valence-corrected chi connectivity index (χ2v) is 2.41. The zero-order valence-electron chi connectivity index (χ0n) is 6.27. The monoisotopic (exact) mass is 127 g/mol. The van der Waals surface area contributed by atoms with E-state index in [9.17, 15) is 0 Å². The second kappa shape index (κ2) is 5.83. The van der Waals surface area contributed by atoms with Crippen molar-refractivity contribution in [3.05, 3.63) is 12.7 Å². The Hall–Kier alpha value is -0.300. The van der Waals surface area contributed by atoms with Crippen LogP contribution in [0.15, 0.2) is 12.7 Å². The van der Waals surface area contributed by atoms with Crippen molar-refractivity contribution in [3.63, 3.8) is 0 Å². The Kier molecular flexibility index (Phi) is 5.64. The van der Waals surface area contributed by atoms with Crippen LogP contribution in [0.4, 0.5) is 0 Å². The van der Waals surface area contributed by atoms with Crippen LogP contribution in [0.1, 0.15) is 32.6 Å². The Morgan fingerprint density at radius 2 is 2.22 bits per heavy atom. The lowest BCUT2D eigenvalue weighted by Gasteiger charge is -2.06. The molecule has 0 aliphatic heterocycles. The molecular formula is C8H17N. The van der Waals surface area contributed by atoms with Gasteiger partial charge in [-0.15, -0.1) is 6.58 Å². The summed E-state index contributed by atoms with van der Waals surface area (Å²) in [7, 11) is 0. The maximum absolute atomic E-state index is 5.72. The summed E-state index contributed by atoms with van der Waals surface area (Å²) >= 11 is 0. The summed E-state index contributed by atoms with van der Waals surface area (Å²) in [6.07, 6.45) is 6.42. The maximum Gasteiger partial charge on any atom is 0.00416 e. The maximum atomic E-state index is 5.72. The molecule has 2 N–H and O–H groups in total. The van der Waals surface area contributed by atoms with Crippen molar-refractivity contribution in [1.82, 2.24) is 0 Å². The fourth-order valence-electron chi connectivity index (χ4n) is 0.847. The number of hydrogen-bond acceptors (Lipinski definition) is 1. The normalized spacial score (nSPS) is 13.1. The van der Waals surface area contributed by atoms with Crippen LogP contribution in [0.25, 0.3) is 0 Å². The summed E-state index contributed by atoms with van der Waals surface area (Å²) in [5.74, 6) is 0. The molecule has 1 nitrogen and oxygen atoms in total. The minimum Gasteiger partial charge on any atom is -0.328 e. The summed E-state index contributed by atoms with van der Waals surface area (Å²) < 4.78 is 0. The van der Waals surface area contributed by atoms with Crippen molar-refractivity contribution in [1.29, 1.82) is 0 Å². The second-order valence-electron chi connectivity index (χ2n) is 2.41. The summed E-state index contributed by atoms with van der Waals surface area (Å²) in [6, 6.07) is 0.396. The molecule has 0 spiro atoms. The van der Waals surface area contributed by atoms with Crippen molar-refractivity contribution in [3.8, 4) is 0 Å². The largest absolute Gasteiger partial charge is 0.328 e. The van der Waals surface area contributed by atoms with E-state index in [1.807, 2.05) is 6.08 Å². The molecule has 1 heteroatoms. The van der Waals surface area contributed by atoms with Gasteiger partial charge in [-0.2, -0.15) is 0 Å². The van der Waals surface area contributed by atoms with Crippen LogP contribution in [0.3, 0.4) is 0 Å². The first kappa shape index (κ1) is 8.70. The highest BCUT2D eigenvalue weighted by Crippen LogP contribution is 2.01. The summed E-state index contributed by atoms with van der Waals surface area (Å²) in [6.45, 7) is 5.80. The van der Waals surface area contributed by atoms with Crippen LogP contribution in [-0.2, 0) is 0 Å². The van der Waals surface area contributed by atoms with Crippen molar-refractivity contribution < 1.29 is 0 Å². The Balaban J connectivity index is 3.04. The Morgan fingerprint density at radius 3 is 2.67 bits per heavy atom.